The highest BCUT2D eigenvalue weighted by Gasteiger charge is 2.25. The summed E-state index contributed by atoms with van der Waals surface area (Å²) in [5.41, 5.74) is 6.61. The molecule has 0 saturated carbocycles. The fourth-order valence-corrected chi connectivity index (χ4v) is 2.58. The molecule has 17 heavy (non-hydrogen) atoms. The van der Waals surface area contributed by atoms with E-state index in [0.29, 0.717) is 0 Å². The van der Waals surface area contributed by atoms with E-state index in [1.807, 2.05) is 30.3 Å². The predicted octanol–water partition coefficient (Wildman–Crippen LogP) is 1.60. The maximum Gasteiger partial charge on any atom is 0.0653 e. The van der Waals surface area contributed by atoms with Crippen LogP contribution in [0.4, 0.5) is 0 Å². The van der Waals surface area contributed by atoms with E-state index in [-0.39, 0.29) is 6.61 Å². The van der Waals surface area contributed by atoms with Crippen molar-refractivity contribution in [1.82, 2.24) is 0 Å². The first-order chi connectivity index (χ1) is 8.23. The van der Waals surface area contributed by atoms with Gasteiger partial charge >= 0.3 is 0 Å². The van der Waals surface area contributed by atoms with Gasteiger partial charge < -0.3 is 15.6 Å². The summed E-state index contributed by atoms with van der Waals surface area (Å²) in [5.74, 6) is 1.89. The van der Waals surface area contributed by atoms with Crippen LogP contribution >= 0.6 is 11.8 Å². The molecule has 0 radical (unpaired) electrons. The Morgan fingerprint density at radius 3 is 2.59 bits per heavy atom. The van der Waals surface area contributed by atoms with E-state index in [4.69, 9.17) is 10.5 Å². The van der Waals surface area contributed by atoms with Gasteiger partial charge in [0, 0.05) is 12.9 Å². The van der Waals surface area contributed by atoms with Crippen molar-refractivity contribution >= 4 is 11.8 Å². The number of aliphatic hydroxyl groups excluding tert-OH is 1. The monoisotopic (exact) mass is 255 g/mol. The van der Waals surface area contributed by atoms with Crippen LogP contribution in [0.15, 0.2) is 30.3 Å². The number of hydrogen-bond donors (Lipinski definition) is 2. The number of nitrogens with two attached hydrogens (primary N) is 1. The maximum atomic E-state index is 9.48. The van der Waals surface area contributed by atoms with Gasteiger partial charge in [-0.25, -0.2) is 0 Å². The van der Waals surface area contributed by atoms with Crippen LogP contribution in [-0.4, -0.2) is 36.9 Å². The topological polar surface area (TPSA) is 55.5 Å². The zero-order valence-corrected chi connectivity index (χ0v) is 11.1. The Morgan fingerprint density at radius 2 is 2.00 bits per heavy atom. The zero-order valence-electron chi connectivity index (χ0n) is 10.3. The average molecular weight is 255 g/mol. The Balaban J connectivity index is 2.46. The average Bonchev–Trinajstić information content (AvgIpc) is 2.39. The number of benzene rings is 1. The Kier molecular flexibility index (Phi) is 6.58. The smallest absolute Gasteiger partial charge is 0.0653 e. The number of thioether (sulfide) groups is 1. The van der Waals surface area contributed by atoms with Gasteiger partial charge in [0.15, 0.2) is 0 Å². The third kappa shape index (κ3) is 4.68. The van der Waals surface area contributed by atoms with Gasteiger partial charge in [0.1, 0.15) is 0 Å². The number of methoxy groups -OCH3 is 1. The molecule has 3 N–H and O–H groups in total. The molecule has 96 valence electrons. The van der Waals surface area contributed by atoms with Crippen molar-refractivity contribution < 1.29 is 9.84 Å². The highest BCUT2D eigenvalue weighted by atomic mass is 32.2. The molecule has 0 aromatic heterocycles. The second-order valence-electron chi connectivity index (χ2n) is 4.04. The third-order valence-electron chi connectivity index (χ3n) is 2.76. The van der Waals surface area contributed by atoms with Crippen LogP contribution < -0.4 is 5.73 Å². The van der Waals surface area contributed by atoms with Gasteiger partial charge in [0.05, 0.1) is 18.8 Å². The molecular weight excluding hydrogens is 234 g/mol. The first-order valence-electron chi connectivity index (χ1n) is 5.75. The van der Waals surface area contributed by atoms with E-state index in [1.165, 1.54) is 0 Å². The predicted molar refractivity (Wildman–Crippen MR) is 73.2 cm³/mol. The molecule has 0 aliphatic heterocycles. The normalized spacial score (nSPS) is 14.5. The van der Waals surface area contributed by atoms with Crippen molar-refractivity contribution in [3.63, 3.8) is 0 Å². The summed E-state index contributed by atoms with van der Waals surface area (Å²) in [7, 11) is 1.70. The summed E-state index contributed by atoms with van der Waals surface area (Å²) < 4.78 is 4.98. The molecule has 0 heterocycles. The first-order valence-corrected chi connectivity index (χ1v) is 6.90. The minimum atomic E-state index is -0.624. The molecule has 0 fully saturated rings. The Morgan fingerprint density at radius 1 is 1.29 bits per heavy atom. The molecule has 1 atom stereocenters. The lowest BCUT2D eigenvalue weighted by Gasteiger charge is -2.27. The van der Waals surface area contributed by atoms with Gasteiger partial charge in [-0.15, -0.1) is 0 Å². The minimum Gasteiger partial charge on any atom is -0.394 e. The lowest BCUT2D eigenvalue weighted by molar-refractivity contribution is 0.193. The standard InChI is InChI=1S/C13H21NO2S/c1-16-8-10-17-9-7-13(14,11-15)12-5-3-2-4-6-12/h2-6,15H,7-11,14H2,1H3. The summed E-state index contributed by atoms with van der Waals surface area (Å²) in [6, 6.07) is 9.79. The molecule has 0 spiro atoms. The van der Waals surface area contributed by atoms with Crippen LogP contribution in [-0.2, 0) is 10.3 Å². The molecule has 0 aliphatic rings. The lowest BCUT2D eigenvalue weighted by Crippen LogP contribution is -2.41. The van der Waals surface area contributed by atoms with Gasteiger partial charge in [-0.1, -0.05) is 30.3 Å². The largest absolute Gasteiger partial charge is 0.394 e. The van der Waals surface area contributed by atoms with Gasteiger partial charge in [0.25, 0.3) is 0 Å². The molecular formula is C13H21NO2S. The van der Waals surface area contributed by atoms with Crippen molar-refractivity contribution in [1.29, 1.82) is 0 Å². The van der Waals surface area contributed by atoms with Crippen LogP contribution in [0, 0.1) is 0 Å². The quantitative estimate of drug-likeness (QED) is 0.693. The van der Waals surface area contributed by atoms with Gasteiger partial charge in [0.2, 0.25) is 0 Å². The summed E-state index contributed by atoms with van der Waals surface area (Å²) >= 11 is 1.80. The molecule has 0 bridgehead atoms. The van der Waals surface area contributed by atoms with E-state index in [9.17, 15) is 5.11 Å². The fraction of sp³-hybridized carbons (Fsp3) is 0.538. The Bertz CT molecular complexity index is 308. The zero-order chi connectivity index (χ0) is 12.6. The van der Waals surface area contributed by atoms with Crippen LogP contribution in [0.3, 0.4) is 0 Å². The lowest BCUT2D eigenvalue weighted by atomic mass is 9.89. The molecule has 1 unspecified atom stereocenters. The van der Waals surface area contributed by atoms with E-state index >= 15 is 0 Å². The van der Waals surface area contributed by atoms with Crippen LogP contribution in [0.1, 0.15) is 12.0 Å². The number of ether oxygens (including phenoxy) is 1. The summed E-state index contributed by atoms with van der Waals surface area (Å²) in [6.45, 7) is 0.731. The highest BCUT2D eigenvalue weighted by Crippen LogP contribution is 2.23. The van der Waals surface area contributed by atoms with Crippen molar-refractivity contribution in [2.75, 3.05) is 31.8 Å². The molecule has 0 amide bonds. The Labute approximate surface area is 107 Å². The summed E-state index contributed by atoms with van der Waals surface area (Å²) in [6.07, 6.45) is 0.766. The van der Waals surface area contributed by atoms with Gasteiger partial charge in [-0.05, 0) is 17.7 Å². The van der Waals surface area contributed by atoms with Crippen molar-refractivity contribution in [2.45, 2.75) is 12.0 Å². The second-order valence-corrected chi connectivity index (χ2v) is 5.26. The third-order valence-corrected chi connectivity index (χ3v) is 3.70. The number of aliphatic hydroxyl groups is 1. The summed E-state index contributed by atoms with van der Waals surface area (Å²) in [5, 5.41) is 9.48. The van der Waals surface area contributed by atoms with E-state index in [2.05, 4.69) is 0 Å². The van der Waals surface area contributed by atoms with Crippen LogP contribution in [0.2, 0.25) is 0 Å². The van der Waals surface area contributed by atoms with E-state index < -0.39 is 5.54 Å². The highest BCUT2D eigenvalue weighted by molar-refractivity contribution is 7.99. The first kappa shape index (κ1) is 14.5. The molecule has 4 heteroatoms. The minimum absolute atomic E-state index is 0.0259. The number of rotatable bonds is 8. The molecule has 3 nitrogen and oxygen atoms in total. The molecule has 1 aromatic rings. The van der Waals surface area contributed by atoms with Crippen LogP contribution in [0.25, 0.3) is 0 Å². The number of hydrogen-bond acceptors (Lipinski definition) is 4. The molecule has 0 aliphatic carbocycles. The van der Waals surface area contributed by atoms with E-state index in [0.717, 1.165) is 30.1 Å². The molecule has 0 saturated heterocycles. The fourth-order valence-electron chi connectivity index (χ4n) is 1.58. The van der Waals surface area contributed by atoms with Crippen LogP contribution in [0.5, 0.6) is 0 Å². The molecule has 1 aromatic carbocycles. The Hall–Kier alpha value is -0.550. The van der Waals surface area contributed by atoms with Crippen molar-refractivity contribution in [2.24, 2.45) is 5.73 Å². The maximum absolute atomic E-state index is 9.48. The van der Waals surface area contributed by atoms with E-state index in [1.54, 1.807) is 18.9 Å². The van der Waals surface area contributed by atoms with Gasteiger partial charge in [-0.2, -0.15) is 11.8 Å². The second kappa shape index (κ2) is 7.71. The van der Waals surface area contributed by atoms with Gasteiger partial charge in [-0.3, -0.25) is 0 Å². The van der Waals surface area contributed by atoms with Crippen molar-refractivity contribution in [3.05, 3.63) is 35.9 Å². The summed E-state index contributed by atoms with van der Waals surface area (Å²) in [4.78, 5) is 0. The van der Waals surface area contributed by atoms with Crippen molar-refractivity contribution in [3.8, 4) is 0 Å². The SMILES string of the molecule is COCCSCCC(N)(CO)c1ccccc1. The molecule has 1 rings (SSSR count).